The molecule has 132 valence electrons. The highest BCUT2D eigenvalue weighted by atomic mass is 16.4. The van der Waals surface area contributed by atoms with Crippen molar-refractivity contribution in [2.45, 2.75) is 103 Å². The van der Waals surface area contributed by atoms with Crippen LogP contribution in [0.15, 0.2) is 0 Å². The second-order valence-electron chi connectivity index (χ2n) is 6.69. The number of aliphatic hydroxyl groups excluding tert-OH is 1. The number of carbonyl (C=O) groups is 1. The zero-order valence-electron chi connectivity index (χ0n) is 14.9. The van der Waals surface area contributed by atoms with E-state index in [9.17, 15) is 15.0 Å². The summed E-state index contributed by atoms with van der Waals surface area (Å²) in [4.78, 5) is 11.3. The van der Waals surface area contributed by atoms with Gasteiger partial charge in [-0.2, -0.15) is 0 Å². The van der Waals surface area contributed by atoms with Gasteiger partial charge in [-0.3, -0.25) is 10.1 Å². The Morgan fingerprint density at radius 1 is 1.00 bits per heavy atom. The molecule has 0 aliphatic heterocycles. The Bertz CT molecular complexity index is 284. The van der Waals surface area contributed by atoms with E-state index >= 15 is 0 Å². The number of carboxylic acid groups (broad SMARTS) is 1. The highest BCUT2D eigenvalue weighted by Crippen LogP contribution is 2.14. The van der Waals surface area contributed by atoms with Crippen LogP contribution in [0.2, 0.25) is 0 Å². The van der Waals surface area contributed by atoms with Gasteiger partial charge in [0.1, 0.15) is 5.54 Å². The van der Waals surface area contributed by atoms with Crippen molar-refractivity contribution >= 4 is 5.97 Å². The molecule has 0 rings (SSSR count). The van der Waals surface area contributed by atoms with E-state index in [1.54, 1.807) is 6.92 Å². The van der Waals surface area contributed by atoms with Gasteiger partial charge >= 0.3 is 5.97 Å². The van der Waals surface area contributed by atoms with Crippen molar-refractivity contribution in [1.29, 1.82) is 0 Å². The molecule has 0 heterocycles. The molecule has 4 nitrogen and oxygen atoms in total. The molecule has 22 heavy (non-hydrogen) atoms. The van der Waals surface area contributed by atoms with Crippen molar-refractivity contribution in [1.82, 2.24) is 5.32 Å². The minimum Gasteiger partial charge on any atom is -0.480 e. The second kappa shape index (κ2) is 12.9. The summed E-state index contributed by atoms with van der Waals surface area (Å²) in [6, 6.07) is 0. The van der Waals surface area contributed by atoms with Gasteiger partial charge in [-0.1, -0.05) is 71.6 Å². The van der Waals surface area contributed by atoms with Crippen LogP contribution >= 0.6 is 0 Å². The van der Waals surface area contributed by atoms with Crippen molar-refractivity contribution in [3.05, 3.63) is 0 Å². The molecule has 0 aromatic heterocycles. The van der Waals surface area contributed by atoms with E-state index in [0.717, 1.165) is 25.7 Å². The lowest BCUT2D eigenvalue weighted by Crippen LogP contribution is -2.51. The monoisotopic (exact) mass is 315 g/mol. The molecule has 0 bridgehead atoms. The first-order valence-corrected chi connectivity index (χ1v) is 9.12. The lowest BCUT2D eigenvalue weighted by atomic mass is 9.96. The normalized spacial score (nSPS) is 15.5. The van der Waals surface area contributed by atoms with Crippen molar-refractivity contribution < 1.29 is 15.0 Å². The molecule has 0 fully saturated rings. The largest absolute Gasteiger partial charge is 0.480 e. The summed E-state index contributed by atoms with van der Waals surface area (Å²) >= 11 is 0. The minimum absolute atomic E-state index is 0.360. The number of hydrogen-bond acceptors (Lipinski definition) is 3. The molecule has 0 saturated heterocycles. The highest BCUT2D eigenvalue weighted by molar-refractivity contribution is 5.78. The third kappa shape index (κ3) is 10.2. The summed E-state index contributed by atoms with van der Waals surface area (Å²) in [6.45, 7) is 6.26. The van der Waals surface area contributed by atoms with Gasteiger partial charge in [0, 0.05) is 6.54 Å². The third-order valence-corrected chi connectivity index (χ3v) is 4.34. The number of aliphatic carboxylic acids is 1. The summed E-state index contributed by atoms with van der Waals surface area (Å²) in [5, 5.41) is 22.3. The Morgan fingerprint density at radius 3 is 2.05 bits per heavy atom. The van der Waals surface area contributed by atoms with Crippen LogP contribution in [-0.4, -0.2) is 34.4 Å². The molecule has 0 aliphatic carbocycles. The smallest absolute Gasteiger partial charge is 0.323 e. The molecular formula is C18H37NO3. The Kier molecular flexibility index (Phi) is 12.5. The fourth-order valence-electron chi connectivity index (χ4n) is 2.73. The quantitative estimate of drug-likeness (QED) is 0.398. The molecule has 0 radical (unpaired) electrons. The zero-order chi connectivity index (χ0) is 16.8. The number of β-amino-alcohol motifs (C(OH)–C–C–N with tert-alkyl or cyclic N) is 1. The summed E-state index contributed by atoms with van der Waals surface area (Å²) < 4.78 is 0. The molecule has 4 heteroatoms. The van der Waals surface area contributed by atoms with Gasteiger partial charge in [0.25, 0.3) is 0 Å². The Labute approximate surface area is 136 Å². The maximum atomic E-state index is 11.3. The first-order valence-electron chi connectivity index (χ1n) is 9.12. The maximum absolute atomic E-state index is 11.3. The van der Waals surface area contributed by atoms with Crippen LogP contribution < -0.4 is 5.32 Å². The number of hydrogen-bond donors (Lipinski definition) is 3. The zero-order valence-corrected chi connectivity index (χ0v) is 14.9. The van der Waals surface area contributed by atoms with Crippen LogP contribution in [-0.2, 0) is 4.79 Å². The number of aliphatic hydroxyl groups is 1. The van der Waals surface area contributed by atoms with Crippen LogP contribution in [0.4, 0.5) is 0 Å². The molecule has 0 amide bonds. The predicted octanol–water partition coefficient (Wildman–Crippen LogP) is 4.11. The Balaban J connectivity index is 3.68. The Morgan fingerprint density at radius 2 is 1.55 bits per heavy atom. The van der Waals surface area contributed by atoms with E-state index in [0.29, 0.717) is 13.0 Å². The number of unbranched alkanes of at least 4 members (excludes halogenated alkanes) is 7. The van der Waals surface area contributed by atoms with Gasteiger partial charge in [-0.25, -0.2) is 0 Å². The van der Waals surface area contributed by atoms with Crippen molar-refractivity contribution in [3.8, 4) is 0 Å². The van der Waals surface area contributed by atoms with Crippen LogP contribution in [0.3, 0.4) is 0 Å². The van der Waals surface area contributed by atoms with Gasteiger partial charge in [0.05, 0.1) is 6.10 Å². The van der Waals surface area contributed by atoms with E-state index in [4.69, 9.17) is 0 Å². The number of carboxylic acids is 1. The van der Waals surface area contributed by atoms with Gasteiger partial charge < -0.3 is 10.2 Å². The summed E-state index contributed by atoms with van der Waals surface area (Å²) in [6.07, 6.45) is 11.7. The molecule has 2 unspecified atom stereocenters. The fourth-order valence-corrected chi connectivity index (χ4v) is 2.73. The van der Waals surface area contributed by atoms with Crippen LogP contribution in [0, 0.1) is 0 Å². The molecule has 0 saturated carbocycles. The third-order valence-electron chi connectivity index (χ3n) is 4.34. The van der Waals surface area contributed by atoms with E-state index in [1.807, 2.05) is 6.92 Å². The summed E-state index contributed by atoms with van der Waals surface area (Å²) in [5.74, 6) is -0.839. The molecule has 0 aromatic carbocycles. The number of rotatable bonds is 15. The van der Waals surface area contributed by atoms with Crippen molar-refractivity contribution in [2.75, 3.05) is 6.54 Å². The van der Waals surface area contributed by atoms with E-state index in [2.05, 4.69) is 12.2 Å². The molecule has 0 aliphatic rings. The minimum atomic E-state index is -0.922. The van der Waals surface area contributed by atoms with Crippen molar-refractivity contribution in [2.24, 2.45) is 0 Å². The lowest BCUT2D eigenvalue weighted by Gasteiger charge is -2.27. The topological polar surface area (TPSA) is 69.6 Å². The molecule has 3 N–H and O–H groups in total. The van der Waals surface area contributed by atoms with Gasteiger partial charge in [0.15, 0.2) is 0 Å². The van der Waals surface area contributed by atoms with E-state index in [1.165, 1.54) is 38.5 Å². The SMILES string of the molecule is CCCCCCCCCCC(O)CNC(C)(CCC)C(=O)O. The Hall–Kier alpha value is -0.610. The number of nitrogens with one attached hydrogen (secondary N) is 1. The summed E-state index contributed by atoms with van der Waals surface area (Å²) in [5.41, 5.74) is -0.922. The standard InChI is InChI=1S/C18H37NO3/c1-4-6-7-8-9-10-11-12-13-16(20)15-19-18(3,14-5-2)17(21)22/h16,19-20H,4-15H2,1-3H3,(H,21,22). The van der Waals surface area contributed by atoms with Crippen LogP contribution in [0.1, 0.15) is 91.4 Å². The fraction of sp³-hybridized carbons (Fsp3) is 0.944. The molecular weight excluding hydrogens is 278 g/mol. The average Bonchev–Trinajstić information content (AvgIpc) is 2.48. The van der Waals surface area contributed by atoms with E-state index < -0.39 is 17.6 Å². The van der Waals surface area contributed by atoms with Gasteiger partial charge in [-0.05, 0) is 19.8 Å². The van der Waals surface area contributed by atoms with Gasteiger partial charge in [-0.15, -0.1) is 0 Å². The average molecular weight is 315 g/mol. The maximum Gasteiger partial charge on any atom is 0.323 e. The van der Waals surface area contributed by atoms with Gasteiger partial charge in [0.2, 0.25) is 0 Å². The molecule has 0 spiro atoms. The highest BCUT2D eigenvalue weighted by Gasteiger charge is 2.31. The first-order chi connectivity index (χ1) is 10.5. The predicted molar refractivity (Wildman–Crippen MR) is 92.2 cm³/mol. The first kappa shape index (κ1) is 21.4. The molecule has 0 aromatic rings. The van der Waals surface area contributed by atoms with Crippen LogP contribution in [0.25, 0.3) is 0 Å². The second-order valence-corrected chi connectivity index (χ2v) is 6.69. The van der Waals surface area contributed by atoms with E-state index in [-0.39, 0.29) is 0 Å². The van der Waals surface area contributed by atoms with Crippen molar-refractivity contribution in [3.63, 3.8) is 0 Å². The molecule has 2 atom stereocenters. The summed E-state index contributed by atoms with van der Waals surface area (Å²) in [7, 11) is 0. The van der Waals surface area contributed by atoms with Crippen LogP contribution in [0.5, 0.6) is 0 Å². The lowest BCUT2D eigenvalue weighted by molar-refractivity contribution is -0.144.